The van der Waals surface area contributed by atoms with Gasteiger partial charge in [0.25, 0.3) is 0 Å². The predicted octanol–water partition coefficient (Wildman–Crippen LogP) is 1.91. The Kier molecular flexibility index (Phi) is 2.72. The Bertz CT molecular complexity index is 496. The van der Waals surface area contributed by atoms with Crippen molar-refractivity contribution < 1.29 is 15.3 Å². The molecular formula is C11H11NO3S. The maximum absolute atomic E-state index is 9.66. The summed E-state index contributed by atoms with van der Waals surface area (Å²) in [6.45, 7) is 0. The zero-order valence-electron chi connectivity index (χ0n) is 8.29. The normalized spacial score (nSPS) is 12.6. The van der Waals surface area contributed by atoms with Gasteiger partial charge in [-0.1, -0.05) is 0 Å². The molecule has 2 aromatic rings. The van der Waals surface area contributed by atoms with Crippen molar-refractivity contribution in [2.45, 2.75) is 6.04 Å². The largest absolute Gasteiger partial charge is 0.504 e. The molecule has 16 heavy (non-hydrogen) atoms. The van der Waals surface area contributed by atoms with Crippen LogP contribution in [0.2, 0.25) is 0 Å². The molecule has 0 amide bonds. The summed E-state index contributed by atoms with van der Waals surface area (Å²) in [5.41, 5.74) is 7.17. The first-order chi connectivity index (χ1) is 7.61. The Morgan fingerprint density at radius 2 is 1.81 bits per heavy atom. The molecule has 0 fully saturated rings. The zero-order valence-corrected chi connectivity index (χ0v) is 9.11. The molecule has 0 aliphatic carbocycles. The number of benzene rings is 1. The Labute approximate surface area is 96.2 Å². The van der Waals surface area contributed by atoms with Gasteiger partial charge in [-0.2, -0.15) is 11.3 Å². The molecule has 4 nitrogen and oxygen atoms in total. The van der Waals surface area contributed by atoms with Crippen molar-refractivity contribution in [2.75, 3.05) is 0 Å². The molecule has 5 heteroatoms. The van der Waals surface area contributed by atoms with Gasteiger partial charge in [0.05, 0.1) is 6.04 Å². The molecule has 84 valence electrons. The highest BCUT2D eigenvalue weighted by atomic mass is 32.1. The van der Waals surface area contributed by atoms with Crippen LogP contribution in [0.5, 0.6) is 17.2 Å². The van der Waals surface area contributed by atoms with Crippen molar-refractivity contribution in [2.24, 2.45) is 5.73 Å². The van der Waals surface area contributed by atoms with Crippen molar-refractivity contribution in [3.05, 3.63) is 40.1 Å². The lowest BCUT2D eigenvalue weighted by atomic mass is 10.0. The number of hydrogen-bond acceptors (Lipinski definition) is 5. The minimum absolute atomic E-state index is 0.362. The van der Waals surface area contributed by atoms with Crippen molar-refractivity contribution in [3.8, 4) is 17.2 Å². The molecule has 0 saturated carbocycles. The summed E-state index contributed by atoms with van der Waals surface area (Å²) in [4.78, 5) is 0. The second kappa shape index (κ2) is 4.03. The van der Waals surface area contributed by atoms with Crippen LogP contribution in [-0.4, -0.2) is 15.3 Å². The molecule has 0 aliphatic rings. The smallest absolute Gasteiger partial charge is 0.200 e. The second-order valence-corrected chi connectivity index (χ2v) is 4.19. The highest BCUT2D eigenvalue weighted by molar-refractivity contribution is 7.08. The lowest BCUT2D eigenvalue weighted by molar-refractivity contribution is 0.364. The van der Waals surface area contributed by atoms with E-state index in [1.807, 2.05) is 16.8 Å². The van der Waals surface area contributed by atoms with Gasteiger partial charge in [-0.25, -0.2) is 0 Å². The fourth-order valence-corrected chi connectivity index (χ4v) is 2.16. The standard InChI is InChI=1S/C11H11NO3S/c12-9(6-3-4-16-5-6)7-1-2-8(13)11(15)10(7)14/h1-5,9,13-15H,12H2/t9-/m0/s1. The summed E-state index contributed by atoms with van der Waals surface area (Å²) in [5, 5.41) is 32.0. The van der Waals surface area contributed by atoms with E-state index < -0.39 is 11.8 Å². The van der Waals surface area contributed by atoms with E-state index >= 15 is 0 Å². The van der Waals surface area contributed by atoms with Gasteiger partial charge in [0.2, 0.25) is 5.75 Å². The van der Waals surface area contributed by atoms with Crippen molar-refractivity contribution in [1.82, 2.24) is 0 Å². The minimum Gasteiger partial charge on any atom is -0.504 e. The van der Waals surface area contributed by atoms with Gasteiger partial charge >= 0.3 is 0 Å². The van der Waals surface area contributed by atoms with Gasteiger partial charge in [0.15, 0.2) is 11.5 Å². The Balaban J connectivity index is 2.45. The minimum atomic E-state index is -0.539. The zero-order chi connectivity index (χ0) is 11.7. The van der Waals surface area contributed by atoms with E-state index in [0.717, 1.165) is 5.56 Å². The number of thiophene rings is 1. The van der Waals surface area contributed by atoms with Crippen LogP contribution in [0.15, 0.2) is 29.0 Å². The van der Waals surface area contributed by atoms with Crippen LogP contribution in [-0.2, 0) is 0 Å². The SMILES string of the molecule is N[C@@H](c1ccsc1)c1ccc(O)c(O)c1O. The van der Waals surface area contributed by atoms with Crippen LogP contribution in [0.1, 0.15) is 17.2 Å². The van der Waals surface area contributed by atoms with Crippen molar-refractivity contribution in [3.63, 3.8) is 0 Å². The molecule has 0 aliphatic heterocycles. The average Bonchev–Trinajstić information content (AvgIpc) is 2.79. The van der Waals surface area contributed by atoms with Gasteiger partial charge in [0, 0.05) is 5.56 Å². The van der Waals surface area contributed by atoms with Gasteiger partial charge in [-0.15, -0.1) is 0 Å². The highest BCUT2D eigenvalue weighted by Crippen LogP contribution is 2.40. The molecule has 0 spiro atoms. The van der Waals surface area contributed by atoms with Gasteiger partial charge in [0.1, 0.15) is 0 Å². The van der Waals surface area contributed by atoms with E-state index in [-0.39, 0.29) is 11.5 Å². The first-order valence-corrected chi connectivity index (χ1v) is 5.57. The first-order valence-electron chi connectivity index (χ1n) is 4.62. The van der Waals surface area contributed by atoms with E-state index in [2.05, 4.69) is 0 Å². The second-order valence-electron chi connectivity index (χ2n) is 3.41. The Morgan fingerprint density at radius 1 is 1.06 bits per heavy atom. The van der Waals surface area contributed by atoms with Crippen LogP contribution in [0.4, 0.5) is 0 Å². The summed E-state index contributed by atoms with van der Waals surface area (Å²) >= 11 is 1.50. The fourth-order valence-electron chi connectivity index (χ4n) is 1.47. The molecule has 2 rings (SSSR count). The van der Waals surface area contributed by atoms with Gasteiger partial charge in [-0.05, 0) is 34.5 Å². The molecule has 1 atom stereocenters. The van der Waals surface area contributed by atoms with Crippen LogP contribution in [0, 0.1) is 0 Å². The quantitative estimate of drug-likeness (QED) is 0.601. The predicted molar refractivity (Wildman–Crippen MR) is 61.8 cm³/mol. The monoisotopic (exact) mass is 237 g/mol. The van der Waals surface area contributed by atoms with Gasteiger partial charge < -0.3 is 21.1 Å². The molecule has 0 saturated heterocycles. The Morgan fingerprint density at radius 3 is 2.44 bits per heavy atom. The summed E-state index contributed by atoms with van der Waals surface area (Å²) in [6, 6.07) is 4.12. The van der Waals surface area contributed by atoms with Gasteiger partial charge in [-0.3, -0.25) is 0 Å². The molecular weight excluding hydrogens is 226 g/mol. The number of hydrogen-bond donors (Lipinski definition) is 4. The topological polar surface area (TPSA) is 86.7 Å². The van der Waals surface area contributed by atoms with Crippen molar-refractivity contribution in [1.29, 1.82) is 0 Å². The average molecular weight is 237 g/mol. The van der Waals surface area contributed by atoms with Crippen molar-refractivity contribution >= 4 is 11.3 Å². The molecule has 1 aromatic heterocycles. The van der Waals surface area contributed by atoms with E-state index in [1.54, 1.807) is 0 Å². The van der Waals surface area contributed by atoms with E-state index in [9.17, 15) is 15.3 Å². The number of phenolic OH excluding ortho intramolecular Hbond substituents is 3. The molecule has 1 aromatic carbocycles. The molecule has 0 unspecified atom stereocenters. The fraction of sp³-hybridized carbons (Fsp3) is 0.0909. The highest BCUT2D eigenvalue weighted by Gasteiger charge is 2.18. The number of rotatable bonds is 2. The van der Waals surface area contributed by atoms with Crippen LogP contribution in [0.3, 0.4) is 0 Å². The third-order valence-corrected chi connectivity index (χ3v) is 3.10. The molecule has 0 radical (unpaired) electrons. The molecule has 5 N–H and O–H groups in total. The number of phenols is 3. The maximum atomic E-state index is 9.66. The number of aromatic hydroxyl groups is 3. The van der Waals surface area contributed by atoms with Crippen LogP contribution in [0.25, 0.3) is 0 Å². The third kappa shape index (κ3) is 1.70. The van der Waals surface area contributed by atoms with Crippen LogP contribution >= 0.6 is 11.3 Å². The lowest BCUT2D eigenvalue weighted by Gasteiger charge is -2.13. The van der Waals surface area contributed by atoms with E-state index in [1.165, 1.54) is 23.5 Å². The lowest BCUT2D eigenvalue weighted by Crippen LogP contribution is -2.10. The van der Waals surface area contributed by atoms with E-state index in [0.29, 0.717) is 5.56 Å². The summed E-state index contributed by atoms with van der Waals surface area (Å²) in [5.74, 6) is -1.28. The first kappa shape index (κ1) is 10.8. The summed E-state index contributed by atoms with van der Waals surface area (Å²) in [7, 11) is 0. The number of nitrogens with two attached hydrogens (primary N) is 1. The van der Waals surface area contributed by atoms with E-state index in [4.69, 9.17) is 5.73 Å². The maximum Gasteiger partial charge on any atom is 0.200 e. The Hall–Kier alpha value is -1.72. The summed E-state index contributed by atoms with van der Waals surface area (Å²) in [6.07, 6.45) is 0. The molecule has 1 heterocycles. The molecule has 0 bridgehead atoms. The van der Waals surface area contributed by atoms with Crippen LogP contribution < -0.4 is 5.73 Å². The summed E-state index contributed by atoms with van der Waals surface area (Å²) < 4.78 is 0. The third-order valence-electron chi connectivity index (χ3n) is 2.40.